The van der Waals surface area contributed by atoms with E-state index in [4.69, 9.17) is 18.9 Å². The van der Waals surface area contributed by atoms with Crippen molar-refractivity contribution in [2.45, 2.75) is 18.9 Å². The maximum atomic E-state index is 13.4. The number of carbonyl (C=O) groups is 1. The molecule has 0 radical (unpaired) electrons. The molecule has 0 saturated carbocycles. The van der Waals surface area contributed by atoms with Gasteiger partial charge in [-0.1, -0.05) is 24.3 Å². The standard InChI is InChI=1S/C27H30N2O5/c1-31-23-11-10-18(15-24(23)32-2)14-22-21-17-26(34-4)25(33-3)16-19(21)12-13-29(22)27(30)28-20-8-6-5-7-9-20/h5-11,15-17,22H,12-14H2,1-4H3,(H,28,30)/t22-/m0/s1. The third-order valence-corrected chi connectivity index (χ3v) is 6.17. The van der Waals surface area contributed by atoms with Crippen LogP contribution in [-0.2, 0) is 12.8 Å². The Balaban J connectivity index is 1.72. The zero-order valence-electron chi connectivity index (χ0n) is 20.0. The second-order valence-corrected chi connectivity index (χ2v) is 8.05. The smallest absolute Gasteiger partial charge is 0.322 e. The number of nitrogens with one attached hydrogen (secondary N) is 1. The predicted molar refractivity (Wildman–Crippen MR) is 131 cm³/mol. The number of rotatable bonds is 7. The third kappa shape index (κ3) is 4.73. The highest BCUT2D eigenvalue weighted by Crippen LogP contribution is 2.40. The molecule has 7 heteroatoms. The van der Waals surface area contributed by atoms with Crippen molar-refractivity contribution in [3.8, 4) is 23.0 Å². The van der Waals surface area contributed by atoms with Gasteiger partial charge in [0.2, 0.25) is 0 Å². The molecule has 0 unspecified atom stereocenters. The second kappa shape index (κ2) is 10.4. The summed E-state index contributed by atoms with van der Waals surface area (Å²) >= 11 is 0. The highest BCUT2D eigenvalue weighted by Gasteiger charge is 2.32. The van der Waals surface area contributed by atoms with Crippen molar-refractivity contribution in [2.75, 3.05) is 40.3 Å². The van der Waals surface area contributed by atoms with E-state index in [0.717, 1.165) is 28.8 Å². The van der Waals surface area contributed by atoms with Crippen molar-refractivity contribution >= 4 is 11.7 Å². The maximum absolute atomic E-state index is 13.4. The Labute approximate surface area is 200 Å². The van der Waals surface area contributed by atoms with Gasteiger partial charge in [0.25, 0.3) is 0 Å². The van der Waals surface area contributed by atoms with Gasteiger partial charge < -0.3 is 29.2 Å². The van der Waals surface area contributed by atoms with E-state index in [1.807, 2.05) is 65.6 Å². The van der Waals surface area contributed by atoms with Crippen molar-refractivity contribution < 1.29 is 23.7 Å². The summed E-state index contributed by atoms with van der Waals surface area (Å²) in [5.41, 5.74) is 3.98. The van der Waals surface area contributed by atoms with Crippen LogP contribution in [0.1, 0.15) is 22.7 Å². The molecule has 4 rings (SSSR count). The number of hydrogen-bond acceptors (Lipinski definition) is 5. The molecule has 0 aliphatic carbocycles. The summed E-state index contributed by atoms with van der Waals surface area (Å²) in [4.78, 5) is 15.3. The molecule has 1 N–H and O–H groups in total. The molecule has 3 aromatic rings. The first-order valence-electron chi connectivity index (χ1n) is 11.2. The number of benzene rings is 3. The molecule has 1 heterocycles. The number of ether oxygens (including phenoxy) is 4. The quantitative estimate of drug-likeness (QED) is 0.529. The number of fused-ring (bicyclic) bond motifs is 1. The van der Waals surface area contributed by atoms with Crippen LogP contribution in [0.3, 0.4) is 0 Å². The van der Waals surface area contributed by atoms with Gasteiger partial charge in [-0.15, -0.1) is 0 Å². The molecule has 0 fully saturated rings. The van der Waals surface area contributed by atoms with Gasteiger partial charge in [0.15, 0.2) is 23.0 Å². The highest BCUT2D eigenvalue weighted by molar-refractivity contribution is 5.90. The van der Waals surface area contributed by atoms with Gasteiger partial charge in [0, 0.05) is 12.2 Å². The van der Waals surface area contributed by atoms with E-state index in [1.165, 1.54) is 0 Å². The first kappa shape index (κ1) is 23.3. The van der Waals surface area contributed by atoms with Crippen LogP contribution in [0.4, 0.5) is 10.5 Å². The summed E-state index contributed by atoms with van der Waals surface area (Å²) in [5.74, 6) is 2.65. The average molecular weight is 463 g/mol. The molecule has 1 atom stereocenters. The zero-order chi connectivity index (χ0) is 24.1. The summed E-state index contributed by atoms with van der Waals surface area (Å²) in [5, 5.41) is 3.04. The van der Waals surface area contributed by atoms with E-state index in [0.29, 0.717) is 36.0 Å². The Hall–Kier alpha value is -3.87. The Kier molecular flexibility index (Phi) is 7.11. The summed E-state index contributed by atoms with van der Waals surface area (Å²) in [7, 11) is 6.49. The van der Waals surface area contributed by atoms with Crippen LogP contribution in [-0.4, -0.2) is 45.9 Å². The Morgan fingerprint density at radius 3 is 2.18 bits per heavy atom. The van der Waals surface area contributed by atoms with Crippen molar-refractivity contribution in [1.82, 2.24) is 4.90 Å². The van der Waals surface area contributed by atoms with Crippen LogP contribution >= 0.6 is 0 Å². The van der Waals surface area contributed by atoms with E-state index in [9.17, 15) is 4.79 Å². The third-order valence-electron chi connectivity index (χ3n) is 6.17. The lowest BCUT2D eigenvalue weighted by molar-refractivity contribution is 0.181. The van der Waals surface area contributed by atoms with Crippen molar-refractivity contribution in [2.24, 2.45) is 0 Å². The fraction of sp³-hybridized carbons (Fsp3) is 0.296. The highest BCUT2D eigenvalue weighted by atomic mass is 16.5. The molecule has 34 heavy (non-hydrogen) atoms. The Bertz CT molecular complexity index is 1150. The molecule has 0 saturated heterocycles. The number of hydrogen-bond donors (Lipinski definition) is 1. The van der Waals surface area contributed by atoms with Crippen molar-refractivity contribution in [1.29, 1.82) is 0 Å². The van der Waals surface area contributed by atoms with Gasteiger partial charge in [-0.25, -0.2) is 4.79 Å². The molecule has 0 bridgehead atoms. The largest absolute Gasteiger partial charge is 0.493 e. The summed E-state index contributed by atoms with van der Waals surface area (Å²) in [6.07, 6.45) is 1.32. The van der Waals surface area contributed by atoms with Crippen LogP contribution in [0, 0.1) is 0 Å². The number of anilines is 1. The number of carbonyl (C=O) groups excluding carboxylic acids is 1. The molecule has 7 nitrogen and oxygen atoms in total. The fourth-order valence-corrected chi connectivity index (χ4v) is 4.44. The normalized spacial score (nSPS) is 14.7. The monoisotopic (exact) mass is 462 g/mol. The fourth-order valence-electron chi connectivity index (χ4n) is 4.44. The molecule has 0 aromatic heterocycles. The molecule has 3 aromatic carbocycles. The number of nitrogens with zero attached hydrogens (tertiary/aromatic N) is 1. The van der Waals surface area contributed by atoms with Crippen LogP contribution < -0.4 is 24.3 Å². The van der Waals surface area contributed by atoms with Crippen LogP contribution in [0.5, 0.6) is 23.0 Å². The van der Waals surface area contributed by atoms with Gasteiger partial charge in [-0.3, -0.25) is 0 Å². The van der Waals surface area contributed by atoms with Crippen molar-refractivity contribution in [3.05, 3.63) is 77.4 Å². The van der Waals surface area contributed by atoms with Gasteiger partial charge in [0.1, 0.15) is 0 Å². The number of para-hydroxylation sites is 1. The minimum atomic E-state index is -0.203. The van der Waals surface area contributed by atoms with Gasteiger partial charge in [0.05, 0.1) is 34.5 Å². The van der Waals surface area contributed by atoms with Crippen LogP contribution in [0.15, 0.2) is 60.7 Å². The van der Waals surface area contributed by atoms with Gasteiger partial charge in [-0.2, -0.15) is 0 Å². The second-order valence-electron chi connectivity index (χ2n) is 8.05. The summed E-state index contributed by atoms with van der Waals surface area (Å²) in [6.45, 7) is 0.582. The molecule has 0 spiro atoms. The first-order valence-corrected chi connectivity index (χ1v) is 11.2. The zero-order valence-corrected chi connectivity index (χ0v) is 20.0. The number of urea groups is 1. The minimum absolute atomic E-state index is 0.142. The number of methoxy groups -OCH3 is 4. The topological polar surface area (TPSA) is 69.3 Å². The minimum Gasteiger partial charge on any atom is -0.493 e. The average Bonchev–Trinajstić information content (AvgIpc) is 2.88. The van der Waals surface area contributed by atoms with Gasteiger partial charge >= 0.3 is 6.03 Å². The number of amides is 2. The Morgan fingerprint density at radius 2 is 1.50 bits per heavy atom. The maximum Gasteiger partial charge on any atom is 0.322 e. The molecule has 1 aliphatic rings. The van der Waals surface area contributed by atoms with Gasteiger partial charge in [-0.05, 0) is 65.9 Å². The van der Waals surface area contributed by atoms with Crippen LogP contribution in [0.25, 0.3) is 0 Å². The molecular formula is C27H30N2O5. The summed E-state index contributed by atoms with van der Waals surface area (Å²) < 4.78 is 22.0. The SMILES string of the molecule is COc1ccc(C[C@H]2c3cc(OC)c(OC)cc3CCN2C(=O)Nc2ccccc2)cc1OC. The Morgan fingerprint density at radius 1 is 0.853 bits per heavy atom. The van der Waals surface area contributed by atoms with E-state index in [-0.39, 0.29) is 12.1 Å². The van der Waals surface area contributed by atoms with Crippen LogP contribution in [0.2, 0.25) is 0 Å². The van der Waals surface area contributed by atoms with E-state index in [2.05, 4.69) is 5.32 Å². The van der Waals surface area contributed by atoms with E-state index < -0.39 is 0 Å². The molecular weight excluding hydrogens is 432 g/mol. The van der Waals surface area contributed by atoms with E-state index in [1.54, 1.807) is 28.4 Å². The lowest BCUT2D eigenvalue weighted by Crippen LogP contribution is -2.43. The lowest BCUT2D eigenvalue weighted by atomic mass is 9.88. The van der Waals surface area contributed by atoms with Crippen molar-refractivity contribution in [3.63, 3.8) is 0 Å². The molecule has 2 amide bonds. The molecule has 1 aliphatic heterocycles. The van der Waals surface area contributed by atoms with E-state index >= 15 is 0 Å². The molecule has 178 valence electrons. The predicted octanol–water partition coefficient (Wildman–Crippen LogP) is 5.10. The summed E-state index contributed by atoms with van der Waals surface area (Å²) in [6, 6.07) is 19.0. The first-order chi connectivity index (χ1) is 16.6. The lowest BCUT2D eigenvalue weighted by Gasteiger charge is -2.38.